The van der Waals surface area contributed by atoms with E-state index in [-0.39, 0.29) is 11.2 Å². The molecule has 4 atom stereocenters. The molecule has 1 amide bonds. The van der Waals surface area contributed by atoms with Gasteiger partial charge in [-0.1, -0.05) is 36.8 Å². The minimum Gasteiger partial charge on any atom is -0.352 e. The Hall–Kier alpha value is -0.960. The molecule has 0 aliphatic heterocycles. The Morgan fingerprint density at radius 3 is 2.75 bits per heavy atom. The predicted octanol–water partition coefficient (Wildman–Crippen LogP) is 3.61. The van der Waals surface area contributed by atoms with E-state index in [1.165, 1.54) is 31.2 Å². The van der Waals surface area contributed by atoms with E-state index in [1.54, 1.807) is 11.8 Å². The lowest BCUT2D eigenvalue weighted by Gasteiger charge is -2.24. The summed E-state index contributed by atoms with van der Waals surface area (Å²) in [5.74, 6) is 2.78. The van der Waals surface area contributed by atoms with Crippen LogP contribution in [-0.2, 0) is 10.5 Å². The molecule has 2 saturated carbocycles. The van der Waals surface area contributed by atoms with E-state index in [4.69, 9.17) is 0 Å². The number of fused-ring (bicyclic) bond motifs is 2. The molecule has 1 aromatic carbocycles. The van der Waals surface area contributed by atoms with Gasteiger partial charge in [-0.25, -0.2) is 0 Å². The molecule has 2 aliphatic rings. The number of thioether (sulfide) groups is 1. The Morgan fingerprint density at radius 2 is 2.10 bits per heavy atom. The van der Waals surface area contributed by atoms with Crippen LogP contribution in [0, 0.1) is 11.8 Å². The third kappa shape index (κ3) is 3.20. The van der Waals surface area contributed by atoms with Crippen molar-refractivity contribution in [3.8, 4) is 0 Å². The number of hydrogen-bond donors (Lipinski definition) is 1. The van der Waals surface area contributed by atoms with E-state index in [0.29, 0.717) is 6.04 Å². The summed E-state index contributed by atoms with van der Waals surface area (Å²) in [6.07, 6.45) is 5.26. The van der Waals surface area contributed by atoms with Crippen molar-refractivity contribution < 1.29 is 4.79 Å². The molecule has 0 unspecified atom stereocenters. The SMILES string of the molecule is C[C@H](SCc1ccccc1)C(=O)N[C@@H]1C[C@@H]2CC[C@H]1C2. The van der Waals surface area contributed by atoms with Crippen LogP contribution in [0.2, 0.25) is 0 Å². The second kappa shape index (κ2) is 6.21. The van der Waals surface area contributed by atoms with Crippen molar-refractivity contribution in [2.75, 3.05) is 0 Å². The zero-order valence-electron chi connectivity index (χ0n) is 12.0. The highest BCUT2D eigenvalue weighted by atomic mass is 32.2. The molecule has 0 heterocycles. The quantitative estimate of drug-likeness (QED) is 0.897. The van der Waals surface area contributed by atoms with Crippen molar-refractivity contribution in [2.24, 2.45) is 11.8 Å². The summed E-state index contributed by atoms with van der Waals surface area (Å²) in [4.78, 5) is 12.3. The number of nitrogens with one attached hydrogen (secondary N) is 1. The average molecular weight is 289 g/mol. The van der Waals surface area contributed by atoms with Gasteiger partial charge in [0, 0.05) is 11.8 Å². The summed E-state index contributed by atoms with van der Waals surface area (Å²) in [5.41, 5.74) is 1.29. The van der Waals surface area contributed by atoms with E-state index < -0.39 is 0 Å². The number of carbonyl (C=O) groups is 1. The molecule has 2 fully saturated rings. The normalized spacial score (nSPS) is 29.4. The van der Waals surface area contributed by atoms with Crippen molar-refractivity contribution in [3.05, 3.63) is 35.9 Å². The number of rotatable bonds is 5. The molecule has 0 aromatic heterocycles. The Bertz CT molecular complexity index is 461. The minimum absolute atomic E-state index is 0.0364. The zero-order chi connectivity index (χ0) is 13.9. The highest BCUT2D eigenvalue weighted by Gasteiger charge is 2.40. The molecule has 3 rings (SSSR count). The van der Waals surface area contributed by atoms with E-state index in [9.17, 15) is 4.79 Å². The standard InChI is InChI=1S/C17H23NOS/c1-12(20-11-13-5-3-2-4-6-13)17(19)18-16-10-14-7-8-15(16)9-14/h2-6,12,14-16H,7-11H2,1H3,(H,18,19)/t12-,14+,15-,16+/m0/s1. The lowest BCUT2D eigenvalue weighted by atomic mass is 9.95. The largest absolute Gasteiger partial charge is 0.352 e. The first-order chi connectivity index (χ1) is 9.72. The molecule has 20 heavy (non-hydrogen) atoms. The van der Waals surface area contributed by atoms with Gasteiger partial charge in [-0.05, 0) is 43.6 Å². The Labute approximate surface area is 125 Å². The molecule has 0 spiro atoms. The summed E-state index contributed by atoms with van der Waals surface area (Å²) in [7, 11) is 0. The van der Waals surface area contributed by atoms with Gasteiger partial charge < -0.3 is 5.32 Å². The van der Waals surface area contributed by atoms with Gasteiger partial charge in [0.2, 0.25) is 5.91 Å². The van der Waals surface area contributed by atoms with Gasteiger partial charge in [-0.3, -0.25) is 4.79 Å². The van der Waals surface area contributed by atoms with Crippen molar-refractivity contribution in [1.29, 1.82) is 0 Å². The first-order valence-electron chi connectivity index (χ1n) is 7.68. The molecule has 1 N–H and O–H groups in total. The second-order valence-corrected chi connectivity index (χ2v) is 7.56. The number of benzene rings is 1. The van der Waals surface area contributed by atoms with Crippen LogP contribution in [0.3, 0.4) is 0 Å². The molecule has 3 heteroatoms. The maximum atomic E-state index is 12.3. The zero-order valence-corrected chi connectivity index (χ0v) is 12.9. The van der Waals surface area contributed by atoms with Crippen molar-refractivity contribution in [2.45, 2.75) is 49.7 Å². The molecule has 0 radical (unpaired) electrons. The van der Waals surface area contributed by atoms with Crippen LogP contribution in [0.5, 0.6) is 0 Å². The van der Waals surface area contributed by atoms with Crippen LogP contribution in [-0.4, -0.2) is 17.2 Å². The fourth-order valence-electron chi connectivity index (χ4n) is 3.59. The van der Waals surface area contributed by atoms with Gasteiger partial charge >= 0.3 is 0 Å². The Morgan fingerprint density at radius 1 is 1.30 bits per heavy atom. The van der Waals surface area contributed by atoms with Gasteiger partial charge in [0.1, 0.15) is 0 Å². The van der Waals surface area contributed by atoms with Crippen LogP contribution >= 0.6 is 11.8 Å². The fraction of sp³-hybridized carbons (Fsp3) is 0.588. The molecular weight excluding hydrogens is 266 g/mol. The van der Waals surface area contributed by atoms with Crippen LogP contribution in [0.25, 0.3) is 0 Å². The van der Waals surface area contributed by atoms with E-state index >= 15 is 0 Å². The summed E-state index contributed by atoms with van der Waals surface area (Å²) in [6, 6.07) is 10.8. The van der Waals surface area contributed by atoms with Gasteiger partial charge in [0.05, 0.1) is 5.25 Å². The lowest BCUT2D eigenvalue weighted by molar-refractivity contribution is -0.121. The van der Waals surface area contributed by atoms with Crippen LogP contribution in [0.15, 0.2) is 30.3 Å². The topological polar surface area (TPSA) is 29.1 Å². The average Bonchev–Trinajstić information content (AvgIpc) is 3.08. The van der Waals surface area contributed by atoms with Crippen molar-refractivity contribution >= 4 is 17.7 Å². The molecule has 2 bridgehead atoms. The third-order valence-electron chi connectivity index (χ3n) is 4.78. The molecular formula is C17H23NOS. The van der Waals surface area contributed by atoms with Crippen molar-refractivity contribution in [1.82, 2.24) is 5.32 Å². The number of amides is 1. The van der Waals surface area contributed by atoms with Gasteiger partial charge in [0.15, 0.2) is 0 Å². The second-order valence-electron chi connectivity index (χ2n) is 6.23. The fourth-order valence-corrected chi connectivity index (χ4v) is 4.45. The lowest BCUT2D eigenvalue weighted by Crippen LogP contribution is -2.42. The van der Waals surface area contributed by atoms with Crippen LogP contribution < -0.4 is 5.32 Å². The number of hydrogen-bond acceptors (Lipinski definition) is 2. The maximum Gasteiger partial charge on any atom is 0.233 e. The summed E-state index contributed by atoms with van der Waals surface area (Å²) in [6.45, 7) is 2.02. The van der Waals surface area contributed by atoms with E-state index in [0.717, 1.165) is 17.6 Å². The monoisotopic (exact) mass is 289 g/mol. The Balaban J connectivity index is 1.45. The summed E-state index contributed by atoms with van der Waals surface area (Å²) >= 11 is 1.73. The molecule has 0 saturated heterocycles. The smallest absolute Gasteiger partial charge is 0.233 e. The van der Waals surface area contributed by atoms with Crippen molar-refractivity contribution in [3.63, 3.8) is 0 Å². The van der Waals surface area contributed by atoms with Gasteiger partial charge in [-0.2, -0.15) is 0 Å². The summed E-state index contributed by atoms with van der Waals surface area (Å²) < 4.78 is 0. The first kappa shape index (κ1) is 14.0. The predicted molar refractivity (Wildman–Crippen MR) is 84.6 cm³/mol. The summed E-state index contributed by atoms with van der Waals surface area (Å²) in [5, 5.41) is 3.32. The van der Waals surface area contributed by atoms with Crippen LogP contribution in [0.4, 0.5) is 0 Å². The van der Waals surface area contributed by atoms with E-state index in [1.807, 2.05) is 13.0 Å². The Kier molecular flexibility index (Phi) is 4.35. The highest BCUT2D eigenvalue weighted by molar-refractivity contribution is 7.99. The number of carbonyl (C=O) groups excluding carboxylic acids is 1. The maximum absolute atomic E-state index is 12.3. The molecule has 2 aliphatic carbocycles. The first-order valence-corrected chi connectivity index (χ1v) is 8.73. The molecule has 1 aromatic rings. The molecule has 2 nitrogen and oxygen atoms in total. The minimum atomic E-state index is 0.0364. The van der Waals surface area contributed by atoms with Gasteiger partial charge in [0.25, 0.3) is 0 Å². The van der Waals surface area contributed by atoms with E-state index in [2.05, 4.69) is 29.6 Å². The van der Waals surface area contributed by atoms with Gasteiger partial charge in [-0.15, -0.1) is 11.8 Å². The molecule has 108 valence electrons. The highest BCUT2D eigenvalue weighted by Crippen LogP contribution is 2.44. The van der Waals surface area contributed by atoms with Crippen LogP contribution in [0.1, 0.15) is 38.2 Å². The third-order valence-corrected chi connectivity index (χ3v) is 5.99.